The Morgan fingerprint density at radius 1 is 0.719 bits per heavy atom. The van der Waals surface area contributed by atoms with E-state index in [0.717, 1.165) is 0 Å². The van der Waals surface area contributed by atoms with Crippen molar-refractivity contribution < 1.29 is 111 Å². The van der Waals surface area contributed by atoms with Gasteiger partial charge in [-0.2, -0.15) is 0 Å². The third-order valence-electron chi connectivity index (χ3n) is 3.55. The van der Waals surface area contributed by atoms with Gasteiger partial charge in [0.25, 0.3) is 0 Å². The summed E-state index contributed by atoms with van der Waals surface area (Å²) >= 11 is 0. The van der Waals surface area contributed by atoms with Crippen molar-refractivity contribution in [1.82, 2.24) is 0 Å². The van der Waals surface area contributed by atoms with Gasteiger partial charge in [-0.1, -0.05) is 18.2 Å². The molecule has 0 bridgehead atoms. The van der Waals surface area contributed by atoms with Gasteiger partial charge in [0.05, 0.1) is 21.3 Å². The first-order valence-corrected chi connectivity index (χ1v) is 11.0. The Bertz CT molecular complexity index is 1030. The summed E-state index contributed by atoms with van der Waals surface area (Å²) in [6.45, 7) is 0. The van der Waals surface area contributed by atoms with Crippen LogP contribution in [0.4, 0.5) is 0 Å². The fourth-order valence-corrected chi connectivity index (χ4v) is 3.20. The molecule has 0 amide bonds. The van der Waals surface area contributed by atoms with E-state index in [9.17, 15) is 18.9 Å². The van der Waals surface area contributed by atoms with Gasteiger partial charge in [-0.05, 0) is 35.4 Å². The number of methoxy groups -OCH3 is 3. The van der Waals surface area contributed by atoms with Crippen LogP contribution in [0.1, 0.15) is 11.1 Å². The maximum absolute atomic E-state index is 11.1. The minimum Gasteiger partial charge on any atom is -0.746 e. The van der Waals surface area contributed by atoms with Gasteiger partial charge in [0.15, 0.2) is 23.0 Å². The molecule has 2 atom stereocenters. The molecule has 0 spiro atoms. The van der Waals surface area contributed by atoms with Gasteiger partial charge in [-0.15, -0.1) is 0 Å². The van der Waals surface area contributed by atoms with E-state index in [-0.39, 0.29) is 87.9 Å². The molecule has 0 heterocycles. The Morgan fingerprint density at radius 2 is 1.19 bits per heavy atom. The second-order valence-corrected chi connectivity index (χ2v) is 7.86. The van der Waals surface area contributed by atoms with Crippen molar-refractivity contribution in [3.8, 4) is 28.7 Å². The molecule has 2 aromatic rings. The molecule has 2 rings (SSSR count). The van der Waals surface area contributed by atoms with Crippen molar-refractivity contribution in [2.24, 2.45) is 0 Å². The van der Waals surface area contributed by atoms with E-state index in [4.69, 9.17) is 24.0 Å². The zero-order valence-electron chi connectivity index (χ0n) is 18.0. The second kappa shape index (κ2) is 13.4. The van der Waals surface area contributed by atoms with Gasteiger partial charge >= 0.3 is 74.8 Å². The van der Waals surface area contributed by atoms with Gasteiger partial charge in [0.1, 0.15) is 0 Å². The van der Waals surface area contributed by atoms with Gasteiger partial charge in [0.2, 0.25) is 5.75 Å². The van der Waals surface area contributed by atoms with Crippen molar-refractivity contribution in [1.29, 1.82) is 0 Å². The standard InChI is InChI=1S/C17H20O11P2.2Na/c1-24-13-7-6-11(8-14(13)27-29(18,19)20)4-5-12-9-15(25-2)17(26-3)16(10-12)28-30(21,22)23;;/h4-10H,1-3H3,(H2,18,19,20)(H2,21,22,23);;/q;2*+1/p-2/b5-4-;;. The molecule has 2 N–H and O–H groups in total. The topological polar surface area (TPSA) is 167 Å². The average Bonchev–Trinajstić information content (AvgIpc) is 2.63. The first kappa shape index (κ1) is 31.5. The molecule has 0 aliphatic heterocycles. The number of hydrogen-bond donors (Lipinski definition) is 2. The average molecular weight is 506 g/mol. The number of ether oxygens (including phenoxy) is 3. The molecule has 15 heteroatoms. The number of phosphoric acid groups is 2. The summed E-state index contributed by atoms with van der Waals surface area (Å²) in [7, 11) is -6.27. The Kier molecular flexibility index (Phi) is 13.2. The van der Waals surface area contributed by atoms with Crippen molar-refractivity contribution in [2.45, 2.75) is 0 Å². The SMILES string of the molecule is COc1ccc(/C=C\c2cc(OC)c(OC)c(OP(=O)([O-])O)c2)cc1OP(=O)([O-])O.[Na+].[Na+]. The van der Waals surface area contributed by atoms with Crippen LogP contribution in [-0.2, 0) is 9.13 Å². The summed E-state index contributed by atoms with van der Waals surface area (Å²) < 4.78 is 46.4. The van der Waals surface area contributed by atoms with Gasteiger partial charge in [-0.25, -0.2) is 0 Å². The summed E-state index contributed by atoms with van der Waals surface area (Å²) in [5, 5.41) is 0. The molecule has 0 aliphatic carbocycles. The molecule has 0 saturated carbocycles. The number of phosphoric ester groups is 2. The third kappa shape index (κ3) is 9.77. The Balaban J connectivity index is 0.00000480. The minimum atomic E-state index is -5.11. The fraction of sp³-hybridized carbons (Fsp3) is 0.176. The van der Waals surface area contributed by atoms with Crippen molar-refractivity contribution in [2.75, 3.05) is 21.3 Å². The van der Waals surface area contributed by atoms with Crippen LogP contribution < -0.4 is 92.2 Å². The van der Waals surface area contributed by atoms with Crippen LogP contribution in [0.3, 0.4) is 0 Å². The number of rotatable bonds is 9. The van der Waals surface area contributed by atoms with Crippen LogP contribution in [0.5, 0.6) is 28.7 Å². The quantitative estimate of drug-likeness (QED) is 0.191. The molecule has 2 unspecified atom stereocenters. The first-order valence-electron chi connectivity index (χ1n) is 8.04. The second-order valence-electron chi connectivity index (χ2n) is 5.62. The summed E-state index contributed by atoms with van der Waals surface area (Å²) in [4.78, 5) is 40.1. The van der Waals surface area contributed by atoms with Crippen molar-refractivity contribution in [3.63, 3.8) is 0 Å². The molecule has 2 aromatic carbocycles. The van der Waals surface area contributed by atoms with Gasteiger partial charge in [-0.3, -0.25) is 9.13 Å². The van der Waals surface area contributed by atoms with Crippen LogP contribution in [-0.4, -0.2) is 31.1 Å². The minimum absolute atomic E-state index is 0. The van der Waals surface area contributed by atoms with Crippen molar-refractivity contribution >= 4 is 27.8 Å². The molecule has 0 saturated heterocycles. The van der Waals surface area contributed by atoms with Crippen LogP contribution >= 0.6 is 15.6 Å². The monoisotopic (exact) mass is 506 g/mol. The predicted molar refractivity (Wildman–Crippen MR) is 102 cm³/mol. The summed E-state index contributed by atoms with van der Waals surface area (Å²) in [5.41, 5.74) is 0.846. The van der Waals surface area contributed by atoms with Crippen LogP contribution in [0.15, 0.2) is 30.3 Å². The molecular formula is C17H18Na2O11P2. The normalized spacial score (nSPS) is 14.2. The molecule has 32 heavy (non-hydrogen) atoms. The van der Waals surface area contributed by atoms with E-state index in [1.54, 1.807) is 6.07 Å². The molecule has 164 valence electrons. The van der Waals surface area contributed by atoms with Crippen LogP contribution in [0.25, 0.3) is 12.2 Å². The molecule has 0 radical (unpaired) electrons. The number of benzene rings is 2. The smallest absolute Gasteiger partial charge is 0.746 e. The molecule has 0 aromatic heterocycles. The Morgan fingerprint density at radius 3 is 1.69 bits per heavy atom. The van der Waals surface area contributed by atoms with E-state index in [1.165, 1.54) is 57.7 Å². The zero-order chi connectivity index (χ0) is 22.5. The van der Waals surface area contributed by atoms with Gasteiger partial charge in [0, 0.05) is 0 Å². The third-order valence-corrected chi connectivity index (χ3v) is 4.41. The van der Waals surface area contributed by atoms with E-state index in [2.05, 4.69) is 9.05 Å². The Hall–Kier alpha value is -0.520. The summed E-state index contributed by atoms with van der Waals surface area (Å²) in [6.07, 6.45) is 3.05. The zero-order valence-corrected chi connectivity index (χ0v) is 23.8. The largest absolute Gasteiger partial charge is 1.00 e. The molecule has 0 fully saturated rings. The fourth-order valence-electron chi connectivity index (χ4n) is 2.42. The van der Waals surface area contributed by atoms with E-state index < -0.39 is 15.6 Å². The first-order chi connectivity index (χ1) is 14.0. The summed E-state index contributed by atoms with van der Waals surface area (Å²) in [5.74, 6) is -0.371. The maximum Gasteiger partial charge on any atom is 1.00 e. The van der Waals surface area contributed by atoms with Crippen molar-refractivity contribution in [3.05, 3.63) is 41.5 Å². The maximum atomic E-state index is 11.1. The van der Waals surface area contributed by atoms with Crippen LogP contribution in [0.2, 0.25) is 0 Å². The Labute approximate surface area is 228 Å². The molecule has 11 nitrogen and oxygen atoms in total. The summed E-state index contributed by atoms with van der Waals surface area (Å²) in [6, 6.07) is 7.09. The molecule has 0 aliphatic rings. The van der Waals surface area contributed by atoms with E-state index in [0.29, 0.717) is 11.1 Å². The molecular weight excluding hydrogens is 488 g/mol. The van der Waals surface area contributed by atoms with Gasteiger partial charge < -0.3 is 42.8 Å². The predicted octanol–water partition coefficient (Wildman–Crippen LogP) is -4.43. The van der Waals surface area contributed by atoms with Crippen LogP contribution in [0, 0.1) is 0 Å². The van der Waals surface area contributed by atoms with E-state index in [1.807, 2.05) is 0 Å². The van der Waals surface area contributed by atoms with E-state index >= 15 is 0 Å². The number of hydrogen-bond acceptors (Lipinski definition) is 9.